The molecule has 2 aromatic rings. The van der Waals surface area contributed by atoms with E-state index in [0.29, 0.717) is 24.7 Å². The molecular formula is C11H13ClN4O. The highest BCUT2D eigenvalue weighted by molar-refractivity contribution is 6.30. The lowest BCUT2D eigenvalue weighted by molar-refractivity contribution is 0.289. The number of nitrogens with zero attached hydrogens (tertiary/aromatic N) is 3. The predicted molar refractivity (Wildman–Crippen MR) is 64.9 cm³/mol. The standard InChI is InChI=1S/C11H13ClN4O/c12-9-2-1-3-11(6-9)17-5-4-16-8-10(7-13)14-15-16/h1-3,6,8H,4-5,7,13H2. The van der Waals surface area contributed by atoms with Crippen LogP contribution >= 0.6 is 11.6 Å². The summed E-state index contributed by atoms with van der Waals surface area (Å²) in [5.74, 6) is 0.747. The van der Waals surface area contributed by atoms with Crippen molar-refractivity contribution in [3.63, 3.8) is 0 Å². The summed E-state index contributed by atoms with van der Waals surface area (Å²) < 4.78 is 7.23. The van der Waals surface area contributed by atoms with Gasteiger partial charge in [0.25, 0.3) is 0 Å². The van der Waals surface area contributed by atoms with Gasteiger partial charge >= 0.3 is 0 Å². The highest BCUT2D eigenvalue weighted by atomic mass is 35.5. The van der Waals surface area contributed by atoms with E-state index in [2.05, 4.69) is 10.3 Å². The first-order chi connectivity index (χ1) is 8.28. The van der Waals surface area contributed by atoms with Crippen molar-refractivity contribution in [3.8, 4) is 5.75 Å². The Bertz CT molecular complexity index is 486. The number of nitrogens with two attached hydrogens (primary N) is 1. The molecule has 5 nitrogen and oxygen atoms in total. The molecule has 2 rings (SSSR count). The summed E-state index contributed by atoms with van der Waals surface area (Å²) >= 11 is 5.84. The van der Waals surface area contributed by atoms with Crippen molar-refractivity contribution in [3.05, 3.63) is 41.2 Å². The van der Waals surface area contributed by atoms with Gasteiger partial charge in [0.1, 0.15) is 12.4 Å². The summed E-state index contributed by atoms with van der Waals surface area (Å²) in [6.07, 6.45) is 1.81. The third-order valence-corrected chi connectivity index (χ3v) is 2.42. The average molecular weight is 253 g/mol. The van der Waals surface area contributed by atoms with Crippen molar-refractivity contribution in [2.75, 3.05) is 6.61 Å². The van der Waals surface area contributed by atoms with E-state index in [1.807, 2.05) is 12.1 Å². The van der Waals surface area contributed by atoms with Crippen LogP contribution < -0.4 is 10.5 Å². The van der Waals surface area contributed by atoms with Gasteiger partial charge in [-0.1, -0.05) is 22.9 Å². The number of hydrogen-bond donors (Lipinski definition) is 1. The van der Waals surface area contributed by atoms with Gasteiger partial charge in [-0.3, -0.25) is 0 Å². The quantitative estimate of drug-likeness (QED) is 0.875. The molecule has 0 saturated heterocycles. The van der Waals surface area contributed by atoms with Crippen LogP contribution in [0.3, 0.4) is 0 Å². The van der Waals surface area contributed by atoms with Gasteiger partial charge in [0.2, 0.25) is 0 Å². The highest BCUT2D eigenvalue weighted by Gasteiger charge is 1.99. The minimum atomic E-state index is 0.398. The van der Waals surface area contributed by atoms with E-state index in [0.717, 1.165) is 11.4 Å². The number of ether oxygens (including phenoxy) is 1. The first-order valence-corrected chi connectivity index (χ1v) is 5.63. The predicted octanol–water partition coefficient (Wildman–Crippen LogP) is 1.47. The van der Waals surface area contributed by atoms with Gasteiger partial charge in [-0.05, 0) is 18.2 Å². The lowest BCUT2D eigenvalue weighted by Gasteiger charge is -2.05. The van der Waals surface area contributed by atoms with Crippen molar-refractivity contribution in [1.82, 2.24) is 15.0 Å². The molecule has 1 aromatic heterocycles. The third-order valence-electron chi connectivity index (χ3n) is 2.18. The molecule has 0 spiro atoms. The Labute approximate surface area is 104 Å². The number of aromatic nitrogens is 3. The third kappa shape index (κ3) is 3.44. The van der Waals surface area contributed by atoms with Gasteiger partial charge in [-0.25, -0.2) is 4.68 Å². The topological polar surface area (TPSA) is 66.0 Å². The maximum Gasteiger partial charge on any atom is 0.120 e. The first-order valence-electron chi connectivity index (χ1n) is 5.25. The Morgan fingerprint density at radius 2 is 2.29 bits per heavy atom. The lowest BCUT2D eigenvalue weighted by atomic mass is 10.3. The maximum atomic E-state index is 5.84. The van der Waals surface area contributed by atoms with Gasteiger partial charge < -0.3 is 10.5 Å². The molecule has 1 heterocycles. The molecule has 2 N–H and O–H groups in total. The van der Waals surface area contributed by atoms with Crippen LogP contribution in [0.15, 0.2) is 30.5 Å². The number of rotatable bonds is 5. The van der Waals surface area contributed by atoms with E-state index in [-0.39, 0.29) is 0 Å². The summed E-state index contributed by atoms with van der Waals surface area (Å²) in [4.78, 5) is 0. The molecule has 1 aromatic carbocycles. The fourth-order valence-electron chi connectivity index (χ4n) is 1.36. The molecule has 0 atom stereocenters. The van der Waals surface area contributed by atoms with Crippen LogP contribution in [0.4, 0.5) is 0 Å². The van der Waals surface area contributed by atoms with Gasteiger partial charge in [-0.15, -0.1) is 5.10 Å². The molecule has 0 unspecified atom stereocenters. The summed E-state index contributed by atoms with van der Waals surface area (Å²) in [7, 11) is 0. The van der Waals surface area contributed by atoms with E-state index >= 15 is 0 Å². The highest BCUT2D eigenvalue weighted by Crippen LogP contribution is 2.16. The molecule has 0 radical (unpaired) electrons. The molecule has 6 heteroatoms. The molecule has 0 bridgehead atoms. The number of halogens is 1. The Balaban J connectivity index is 1.83. The van der Waals surface area contributed by atoms with Crippen LogP contribution in [-0.4, -0.2) is 21.6 Å². The van der Waals surface area contributed by atoms with Crippen LogP contribution in [0.2, 0.25) is 5.02 Å². The van der Waals surface area contributed by atoms with E-state index < -0.39 is 0 Å². The van der Waals surface area contributed by atoms with E-state index in [9.17, 15) is 0 Å². The summed E-state index contributed by atoms with van der Waals surface area (Å²) in [6, 6.07) is 7.28. The molecule has 17 heavy (non-hydrogen) atoms. The molecule has 0 aliphatic carbocycles. The summed E-state index contributed by atoms with van der Waals surface area (Å²) in [5.41, 5.74) is 6.21. The second kappa shape index (κ2) is 5.65. The number of benzene rings is 1. The molecule has 0 aliphatic rings. The average Bonchev–Trinajstić information content (AvgIpc) is 2.77. The van der Waals surface area contributed by atoms with Gasteiger partial charge in [-0.2, -0.15) is 0 Å². The van der Waals surface area contributed by atoms with Gasteiger partial charge in [0.15, 0.2) is 0 Å². The van der Waals surface area contributed by atoms with Gasteiger partial charge in [0.05, 0.1) is 12.2 Å². The fraction of sp³-hybridized carbons (Fsp3) is 0.273. The zero-order valence-corrected chi connectivity index (χ0v) is 9.97. The van der Waals surface area contributed by atoms with Crippen molar-refractivity contribution in [2.24, 2.45) is 5.73 Å². The van der Waals surface area contributed by atoms with Crippen LogP contribution in [0.25, 0.3) is 0 Å². The van der Waals surface area contributed by atoms with Crippen LogP contribution in [0, 0.1) is 0 Å². The van der Waals surface area contributed by atoms with E-state index in [1.165, 1.54) is 0 Å². The SMILES string of the molecule is NCc1cn(CCOc2cccc(Cl)c2)nn1. The molecule has 90 valence electrons. The van der Waals surface area contributed by atoms with Crippen molar-refractivity contribution < 1.29 is 4.74 Å². The Hall–Kier alpha value is -1.59. The van der Waals surface area contributed by atoms with Crippen molar-refractivity contribution in [2.45, 2.75) is 13.1 Å². The van der Waals surface area contributed by atoms with E-state index in [4.69, 9.17) is 22.1 Å². The van der Waals surface area contributed by atoms with Gasteiger partial charge in [0, 0.05) is 17.8 Å². The normalized spacial score (nSPS) is 10.5. The monoisotopic (exact) mass is 252 g/mol. The summed E-state index contributed by atoms with van der Waals surface area (Å²) in [6.45, 7) is 1.53. The minimum Gasteiger partial charge on any atom is -0.492 e. The van der Waals surface area contributed by atoms with Crippen LogP contribution in [0.5, 0.6) is 5.75 Å². The summed E-state index contributed by atoms with van der Waals surface area (Å²) in [5, 5.41) is 8.46. The molecule has 0 fully saturated rings. The lowest BCUT2D eigenvalue weighted by Crippen LogP contribution is -2.08. The molecular weight excluding hydrogens is 240 g/mol. The van der Waals surface area contributed by atoms with Crippen LogP contribution in [0.1, 0.15) is 5.69 Å². The Morgan fingerprint density at radius 1 is 1.41 bits per heavy atom. The second-order valence-electron chi connectivity index (χ2n) is 3.48. The minimum absolute atomic E-state index is 0.398. The smallest absolute Gasteiger partial charge is 0.120 e. The Kier molecular flexibility index (Phi) is 3.95. The zero-order valence-electron chi connectivity index (χ0n) is 9.21. The first kappa shape index (κ1) is 11.9. The Morgan fingerprint density at radius 3 is 3.00 bits per heavy atom. The number of hydrogen-bond acceptors (Lipinski definition) is 4. The molecule has 0 amide bonds. The fourth-order valence-corrected chi connectivity index (χ4v) is 1.54. The van der Waals surface area contributed by atoms with E-state index in [1.54, 1.807) is 23.0 Å². The largest absolute Gasteiger partial charge is 0.492 e. The van der Waals surface area contributed by atoms with Crippen LogP contribution in [-0.2, 0) is 13.1 Å². The molecule has 0 aliphatic heterocycles. The zero-order chi connectivity index (χ0) is 12.1. The second-order valence-corrected chi connectivity index (χ2v) is 3.92. The van der Waals surface area contributed by atoms with Crippen molar-refractivity contribution in [1.29, 1.82) is 0 Å². The molecule has 0 saturated carbocycles. The van der Waals surface area contributed by atoms with Crippen molar-refractivity contribution >= 4 is 11.6 Å². The maximum absolute atomic E-state index is 5.84.